The Kier molecular flexibility index (Phi) is 5.83. The molecule has 9 nitrogen and oxygen atoms in total. The summed E-state index contributed by atoms with van der Waals surface area (Å²) in [6, 6.07) is 7.93. The van der Waals surface area contributed by atoms with E-state index < -0.39 is 6.10 Å². The maximum absolute atomic E-state index is 12.9. The number of aryl methyl sites for hydroxylation is 2. The smallest absolute Gasteiger partial charge is 0.229 e. The second kappa shape index (κ2) is 9.16. The second-order valence-electron chi connectivity index (χ2n) is 9.71. The minimum absolute atomic E-state index is 0.176. The van der Waals surface area contributed by atoms with Crippen molar-refractivity contribution in [3.8, 4) is 5.82 Å². The van der Waals surface area contributed by atoms with Gasteiger partial charge >= 0.3 is 0 Å². The van der Waals surface area contributed by atoms with Gasteiger partial charge in [-0.2, -0.15) is 10.0 Å². The van der Waals surface area contributed by atoms with E-state index >= 15 is 0 Å². The van der Waals surface area contributed by atoms with Gasteiger partial charge in [-0.25, -0.2) is 4.98 Å². The molecule has 9 heteroatoms. The molecule has 1 unspecified atom stereocenters. The van der Waals surface area contributed by atoms with Crippen molar-refractivity contribution in [2.75, 3.05) is 18.5 Å². The molecule has 2 N–H and O–H groups in total. The van der Waals surface area contributed by atoms with Crippen molar-refractivity contribution < 1.29 is 14.7 Å². The maximum atomic E-state index is 12.9. The van der Waals surface area contributed by atoms with Crippen molar-refractivity contribution in [2.45, 2.75) is 45.9 Å². The summed E-state index contributed by atoms with van der Waals surface area (Å²) in [7, 11) is 0. The van der Waals surface area contributed by atoms with E-state index in [1.165, 1.54) is 0 Å². The second-order valence-corrected chi connectivity index (χ2v) is 9.71. The lowest BCUT2D eigenvalue weighted by Crippen LogP contribution is -2.20. The van der Waals surface area contributed by atoms with Crippen LogP contribution in [-0.4, -0.2) is 54.3 Å². The average Bonchev–Trinajstić information content (AvgIpc) is 3.41. The van der Waals surface area contributed by atoms with Crippen LogP contribution in [0.1, 0.15) is 41.3 Å². The molecule has 2 fully saturated rings. The molecule has 1 aliphatic carbocycles. The molecule has 0 bridgehead atoms. The minimum atomic E-state index is -0.439. The predicted molar refractivity (Wildman–Crippen MR) is 136 cm³/mol. The number of nitrogens with one attached hydrogen (secondary N) is 1. The molecule has 0 radical (unpaired) electrons. The van der Waals surface area contributed by atoms with Crippen molar-refractivity contribution >= 4 is 28.3 Å². The van der Waals surface area contributed by atoms with Gasteiger partial charge in [-0.3, -0.25) is 9.63 Å². The van der Waals surface area contributed by atoms with Gasteiger partial charge in [0, 0.05) is 59.4 Å². The largest absolute Gasteiger partial charge is 0.389 e. The SMILES string of the molecule is CCn1cc(C(=O)C2CC2)c2cc(Nc3nccc(-n4cc(C)c(CN5CC(O)CO5)c4)n3)ccc21. The van der Waals surface area contributed by atoms with Gasteiger partial charge in [-0.05, 0) is 62.1 Å². The number of benzene rings is 1. The number of anilines is 2. The zero-order chi connectivity index (χ0) is 24.8. The third-order valence-corrected chi connectivity index (χ3v) is 6.94. The summed E-state index contributed by atoms with van der Waals surface area (Å²) in [5.74, 6) is 1.65. The molecule has 1 aromatic carbocycles. The number of fused-ring (bicyclic) bond motifs is 1. The van der Waals surface area contributed by atoms with Crippen molar-refractivity contribution in [3.63, 3.8) is 0 Å². The molecule has 3 aromatic heterocycles. The number of aliphatic hydroxyl groups excluding tert-OH is 1. The van der Waals surface area contributed by atoms with E-state index in [1.54, 1.807) is 11.3 Å². The zero-order valence-electron chi connectivity index (χ0n) is 20.5. The Labute approximate surface area is 209 Å². The highest BCUT2D eigenvalue weighted by Gasteiger charge is 2.32. The summed E-state index contributed by atoms with van der Waals surface area (Å²) in [6.45, 7) is 6.40. The number of Topliss-reactive ketones (excluding diaryl/α,β-unsaturated/α-hetero) is 1. The van der Waals surface area contributed by atoms with Crippen LogP contribution in [0.2, 0.25) is 0 Å². The third-order valence-electron chi connectivity index (χ3n) is 6.94. The fourth-order valence-electron chi connectivity index (χ4n) is 4.81. The molecule has 1 atom stereocenters. The number of hydroxylamine groups is 2. The molecule has 1 aliphatic heterocycles. The number of ketones is 1. The summed E-state index contributed by atoms with van der Waals surface area (Å²) in [5, 5.41) is 15.8. The predicted octanol–water partition coefficient (Wildman–Crippen LogP) is 3.99. The Bertz CT molecular complexity index is 1440. The molecule has 0 amide bonds. The van der Waals surface area contributed by atoms with Crippen LogP contribution in [0.5, 0.6) is 0 Å². The van der Waals surface area contributed by atoms with E-state index in [9.17, 15) is 9.90 Å². The van der Waals surface area contributed by atoms with E-state index in [4.69, 9.17) is 9.82 Å². The molecular formula is C27H30N6O3. The van der Waals surface area contributed by atoms with Crippen LogP contribution < -0.4 is 5.32 Å². The van der Waals surface area contributed by atoms with E-state index in [2.05, 4.69) is 28.7 Å². The maximum Gasteiger partial charge on any atom is 0.229 e. The highest BCUT2D eigenvalue weighted by atomic mass is 16.7. The third kappa shape index (κ3) is 4.41. The minimum Gasteiger partial charge on any atom is -0.389 e. The van der Waals surface area contributed by atoms with Crippen LogP contribution in [0, 0.1) is 12.8 Å². The Morgan fingerprint density at radius 1 is 1.22 bits per heavy atom. The Morgan fingerprint density at radius 2 is 2.08 bits per heavy atom. The van der Waals surface area contributed by atoms with Gasteiger partial charge in [0.1, 0.15) is 5.82 Å². The van der Waals surface area contributed by atoms with Crippen LogP contribution in [0.15, 0.2) is 49.1 Å². The fourth-order valence-corrected chi connectivity index (χ4v) is 4.81. The molecule has 1 saturated carbocycles. The molecule has 36 heavy (non-hydrogen) atoms. The van der Waals surface area contributed by atoms with Crippen molar-refractivity contribution in [1.82, 2.24) is 24.2 Å². The first-order chi connectivity index (χ1) is 17.5. The zero-order valence-corrected chi connectivity index (χ0v) is 20.5. The number of nitrogens with zero attached hydrogens (tertiary/aromatic N) is 5. The van der Waals surface area contributed by atoms with Crippen molar-refractivity contribution in [3.05, 3.63) is 65.7 Å². The number of hydrogen-bond acceptors (Lipinski definition) is 7. The number of aromatic nitrogens is 4. The van der Waals surface area contributed by atoms with Crippen LogP contribution in [0.3, 0.4) is 0 Å². The van der Waals surface area contributed by atoms with Crippen molar-refractivity contribution in [1.29, 1.82) is 0 Å². The lowest BCUT2D eigenvalue weighted by atomic mass is 10.1. The van der Waals surface area contributed by atoms with Gasteiger partial charge in [0.15, 0.2) is 5.78 Å². The number of carbonyl (C=O) groups is 1. The first-order valence-corrected chi connectivity index (χ1v) is 12.5. The molecular weight excluding hydrogens is 456 g/mol. The summed E-state index contributed by atoms with van der Waals surface area (Å²) in [5.41, 5.74) is 4.93. The Hall–Kier alpha value is -3.53. The first-order valence-electron chi connectivity index (χ1n) is 12.5. The Morgan fingerprint density at radius 3 is 2.83 bits per heavy atom. The van der Waals surface area contributed by atoms with E-state index in [0.717, 1.165) is 58.5 Å². The molecule has 4 aromatic rings. The number of aliphatic hydroxyl groups is 1. The van der Waals surface area contributed by atoms with Crippen LogP contribution >= 0.6 is 0 Å². The van der Waals surface area contributed by atoms with E-state index in [-0.39, 0.29) is 11.7 Å². The van der Waals surface area contributed by atoms with Crippen LogP contribution in [0.25, 0.3) is 16.7 Å². The van der Waals surface area contributed by atoms with Gasteiger partial charge in [0.25, 0.3) is 0 Å². The number of hydrogen-bond donors (Lipinski definition) is 2. The summed E-state index contributed by atoms with van der Waals surface area (Å²) in [4.78, 5) is 27.5. The molecule has 4 heterocycles. The van der Waals surface area contributed by atoms with Crippen molar-refractivity contribution in [2.24, 2.45) is 5.92 Å². The van der Waals surface area contributed by atoms with Gasteiger partial charge in [-0.15, -0.1) is 0 Å². The number of rotatable bonds is 8. The van der Waals surface area contributed by atoms with Crippen LogP contribution in [0.4, 0.5) is 11.6 Å². The summed E-state index contributed by atoms with van der Waals surface area (Å²) < 4.78 is 4.10. The molecule has 6 rings (SSSR count). The molecule has 2 aliphatic rings. The fraction of sp³-hybridized carbons (Fsp3) is 0.370. The number of β-amino-alcohol motifs (C(OH)–C–C–N with tert-alkyl or cyclic N) is 1. The van der Waals surface area contributed by atoms with Gasteiger partial charge in [-0.1, -0.05) is 0 Å². The van der Waals surface area contributed by atoms with E-state index in [0.29, 0.717) is 25.6 Å². The average molecular weight is 487 g/mol. The lowest BCUT2D eigenvalue weighted by Gasteiger charge is -2.12. The molecule has 186 valence electrons. The summed E-state index contributed by atoms with van der Waals surface area (Å²) in [6.07, 6.45) is 9.33. The molecule has 1 saturated heterocycles. The van der Waals surface area contributed by atoms with Crippen LogP contribution in [-0.2, 0) is 17.9 Å². The monoisotopic (exact) mass is 486 g/mol. The quantitative estimate of drug-likeness (QED) is 0.364. The lowest BCUT2D eigenvalue weighted by molar-refractivity contribution is -0.118. The highest BCUT2D eigenvalue weighted by Crippen LogP contribution is 2.36. The van der Waals surface area contributed by atoms with Gasteiger partial charge in [0.05, 0.1) is 25.8 Å². The summed E-state index contributed by atoms with van der Waals surface area (Å²) >= 11 is 0. The number of carbonyl (C=O) groups excluding carboxylic acids is 1. The first kappa shape index (κ1) is 22.9. The van der Waals surface area contributed by atoms with Gasteiger partial charge in [0.2, 0.25) is 5.95 Å². The highest BCUT2D eigenvalue weighted by molar-refractivity contribution is 6.10. The van der Waals surface area contributed by atoms with Gasteiger partial charge < -0.3 is 19.6 Å². The topological polar surface area (TPSA) is 97.4 Å². The molecule has 0 spiro atoms. The van der Waals surface area contributed by atoms with E-state index in [1.807, 2.05) is 47.4 Å². The Balaban J connectivity index is 1.25. The standard InChI is InChI=1S/C27H30N6O3/c1-3-31-15-23(26(35)18-4-5-18)22-10-20(6-7-24(22)31)29-27-28-9-8-25(30-27)32-11-17(2)19(12-32)13-33-14-21(34)16-36-33/h6-12,15,18,21,34H,3-5,13-14,16H2,1-2H3,(H,28,29,30). The normalized spacial score (nSPS) is 18.2.